The minimum absolute atomic E-state index is 0.131. The van der Waals surface area contributed by atoms with Gasteiger partial charge in [-0.05, 0) is 24.0 Å². The van der Waals surface area contributed by atoms with Crippen LogP contribution in [0.5, 0.6) is 0 Å². The van der Waals surface area contributed by atoms with Gasteiger partial charge in [0, 0.05) is 12.6 Å². The van der Waals surface area contributed by atoms with Gasteiger partial charge in [0.2, 0.25) is 0 Å². The van der Waals surface area contributed by atoms with Crippen molar-refractivity contribution >= 4 is 17.2 Å². The topological polar surface area (TPSA) is 34.0 Å². The van der Waals surface area contributed by atoms with Crippen LogP contribution in [-0.2, 0) is 6.54 Å². The second-order valence-corrected chi connectivity index (χ2v) is 7.55. The van der Waals surface area contributed by atoms with Crippen LogP contribution in [0.3, 0.4) is 0 Å². The molecular formula is C21H22N2OS. The van der Waals surface area contributed by atoms with E-state index < -0.39 is 0 Å². The molecule has 1 aliphatic rings. The number of rotatable bonds is 5. The van der Waals surface area contributed by atoms with Gasteiger partial charge in [-0.1, -0.05) is 85.0 Å². The van der Waals surface area contributed by atoms with Crippen LogP contribution in [0.1, 0.15) is 37.3 Å². The number of nitrogens with zero attached hydrogens (tertiary/aromatic N) is 1. The number of aromatic nitrogens is 1. The molecule has 3 aromatic rings. The van der Waals surface area contributed by atoms with Crippen molar-refractivity contribution in [3.8, 4) is 10.4 Å². The zero-order valence-electron chi connectivity index (χ0n) is 14.2. The first-order chi connectivity index (χ1) is 12.3. The molecule has 0 atom stereocenters. The minimum atomic E-state index is 0.131. The van der Waals surface area contributed by atoms with E-state index >= 15 is 0 Å². The quantitative estimate of drug-likeness (QED) is 0.677. The first-order valence-electron chi connectivity index (χ1n) is 8.92. The van der Waals surface area contributed by atoms with Gasteiger partial charge in [0.05, 0.1) is 4.88 Å². The summed E-state index contributed by atoms with van der Waals surface area (Å²) in [5, 5.41) is 3.42. The maximum absolute atomic E-state index is 13.1. The summed E-state index contributed by atoms with van der Waals surface area (Å²) in [5.41, 5.74) is 3.16. The Morgan fingerprint density at radius 2 is 1.60 bits per heavy atom. The molecule has 1 fully saturated rings. The van der Waals surface area contributed by atoms with Crippen molar-refractivity contribution in [2.75, 3.05) is 5.32 Å². The summed E-state index contributed by atoms with van der Waals surface area (Å²) in [4.78, 5) is 14.1. The Bertz CT molecular complexity index is 877. The van der Waals surface area contributed by atoms with Gasteiger partial charge in [0.1, 0.15) is 5.69 Å². The minimum Gasteiger partial charge on any atom is -0.375 e. The van der Waals surface area contributed by atoms with Crippen molar-refractivity contribution in [2.24, 2.45) is 0 Å². The van der Waals surface area contributed by atoms with Crippen molar-refractivity contribution in [1.29, 1.82) is 0 Å². The van der Waals surface area contributed by atoms with Crippen LogP contribution < -0.4 is 10.9 Å². The predicted molar refractivity (Wildman–Crippen MR) is 105 cm³/mol. The third-order valence-electron chi connectivity index (χ3n) is 4.84. The molecule has 4 rings (SSSR count). The lowest BCUT2D eigenvalue weighted by Gasteiger charge is -2.08. The summed E-state index contributed by atoms with van der Waals surface area (Å²) >= 11 is 1.61. The molecule has 2 aromatic carbocycles. The van der Waals surface area contributed by atoms with Crippen molar-refractivity contribution in [2.45, 2.75) is 38.3 Å². The summed E-state index contributed by atoms with van der Waals surface area (Å²) < 4.78 is 2.00. The van der Waals surface area contributed by atoms with E-state index in [1.54, 1.807) is 11.5 Å². The van der Waals surface area contributed by atoms with E-state index in [1.807, 2.05) is 40.4 Å². The van der Waals surface area contributed by atoms with Gasteiger partial charge in [-0.15, -0.1) is 0 Å². The van der Waals surface area contributed by atoms with Gasteiger partial charge in [0.25, 0.3) is 5.56 Å². The zero-order valence-corrected chi connectivity index (χ0v) is 15.0. The lowest BCUT2D eigenvalue weighted by atomic mass is 10.1. The van der Waals surface area contributed by atoms with Crippen LogP contribution in [0.4, 0.5) is 5.69 Å². The smallest absolute Gasteiger partial charge is 0.284 e. The molecule has 0 saturated heterocycles. The third-order valence-corrected chi connectivity index (χ3v) is 6.12. The standard InChI is InChI=1S/C21H22N2OS/c24-21-19(22-15-16-9-3-1-4-10-16)20(17-11-5-2-6-12-17)25-23(21)18-13-7-8-14-18/h1-6,9-12,18,22H,7-8,13-15H2. The average Bonchev–Trinajstić information content (AvgIpc) is 3.30. The van der Waals surface area contributed by atoms with Crippen molar-refractivity contribution in [3.05, 3.63) is 76.6 Å². The maximum Gasteiger partial charge on any atom is 0.284 e. The maximum atomic E-state index is 13.1. The normalized spacial score (nSPS) is 14.7. The molecule has 4 heteroatoms. The Hall–Kier alpha value is -2.33. The number of hydrogen-bond donors (Lipinski definition) is 1. The fraction of sp³-hybridized carbons (Fsp3) is 0.286. The van der Waals surface area contributed by atoms with Gasteiger partial charge < -0.3 is 5.32 Å². The second kappa shape index (κ2) is 7.28. The van der Waals surface area contributed by atoms with E-state index in [2.05, 4.69) is 29.6 Å². The Morgan fingerprint density at radius 1 is 0.960 bits per heavy atom. The predicted octanol–water partition coefficient (Wildman–Crippen LogP) is 5.30. The molecule has 0 aliphatic heterocycles. The van der Waals surface area contributed by atoms with Gasteiger partial charge >= 0.3 is 0 Å². The van der Waals surface area contributed by atoms with Gasteiger partial charge in [-0.3, -0.25) is 8.75 Å². The van der Waals surface area contributed by atoms with E-state index in [-0.39, 0.29) is 5.56 Å². The van der Waals surface area contributed by atoms with Crippen LogP contribution in [0.15, 0.2) is 65.5 Å². The fourth-order valence-electron chi connectivity index (χ4n) is 3.50. The lowest BCUT2D eigenvalue weighted by molar-refractivity contribution is 0.545. The highest BCUT2D eigenvalue weighted by atomic mass is 32.1. The van der Waals surface area contributed by atoms with E-state index in [0.29, 0.717) is 12.6 Å². The SMILES string of the molecule is O=c1c(NCc2ccccc2)c(-c2ccccc2)sn1C1CCCC1. The van der Waals surface area contributed by atoms with Crippen molar-refractivity contribution in [3.63, 3.8) is 0 Å². The molecule has 25 heavy (non-hydrogen) atoms. The molecule has 0 spiro atoms. The number of anilines is 1. The van der Waals surface area contributed by atoms with E-state index in [9.17, 15) is 4.79 Å². The summed E-state index contributed by atoms with van der Waals surface area (Å²) in [6.45, 7) is 0.664. The van der Waals surface area contributed by atoms with Crippen LogP contribution in [0.25, 0.3) is 10.4 Å². The highest BCUT2D eigenvalue weighted by molar-refractivity contribution is 7.11. The summed E-state index contributed by atoms with van der Waals surface area (Å²) in [5.74, 6) is 0. The molecule has 1 aromatic heterocycles. The third kappa shape index (κ3) is 3.40. The van der Waals surface area contributed by atoms with E-state index in [1.165, 1.54) is 18.4 Å². The van der Waals surface area contributed by atoms with Crippen LogP contribution in [0, 0.1) is 0 Å². The molecule has 1 aliphatic carbocycles. The van der Waals surface area contributed by atoms with Gasteiger partial charge in [0.15, 0.2) is 0 Å². The molecule has 1 saturated carbocycles. The Labute approximate surface area is 152 Å². The van der Waals surface area contributed by atoms with Gasteiger partial charge in [-0.25, -0.2) is 0 Å². The Balaban J connectivity index is 1.71. The number of hydrogen-bond acceptors (Lipinski definition) is 3. The fourth-order valence-corrected chi connectivity index (χ4v) is 4.72. The molecule has 0 amide bonds. The summed E-state index contributed by atoms with van der Waals surface area (Å²) in [7, 11) is 0. The number of nitrogens with one attached hydrogen (secondary N) is 1. The van der Waals surface area contributed by atoms with Crippen LogP contribution >= 0.6 is 11.5 Å². The van der Waals surface area contributed by atoms with Crippen LogP contribution in [0.2, 0.25) is 0 Å². The highest BCUT2D eigenvalue weighted by Crippen LogP contribution is 2.36. The Morgan fingerprint density at radius 3 is 2.28 bits per heavy atom. The first-order valence-corrected chi connectivity index (χ1v) is 9.69. The van der Waals surface area contributed by atoms with E-state index in [0.717, 1.165) is 29.0 Å². The molecule has 0 unspecified atom stereocenters. The second-order valence-electron chi connectivity index (χ2n) is 6.57. The molecule has 3 nitrogen and oxygen atoms in total. The Kier molecular flexibility index (Phi) is 4.70. The first kappa shape index (κ1) is 16.2. The monoisotopic (exact) mass is 350 g/mol. The zero-order chi connectivity index (χ0) is 17.1. The average molecular weight is 350 g/mol. The summed E-state index contributed by atoms with van der Waals surface area (Å²) in [6.07, 6.45) is 4.68. The largest absolute Gasteiger partial charge is 0.375 e. The number of benzene rings is 2. The molecule has 1 heterocycles. The highest BCUT2D eigenvalue weighted by Gasteiger charge is 2.24. The van der Waals surface area contributed by atoms with Crippen molar-refractivity contribution < 1.29 is 0 Å². The summed E-state index contributed by atoms with van der Waals surface area (Å²) in [6, 6.07) is 20.8. The molecule has 0 bridgehead atoms. The van der Waals surface area contributed by atoms with Crippen molar-refractivity contribution in [1.82, 2.24) is 3.96 Å². The van der Waals surface area contributed by atoms with E-state index in [4.69, 9.17) is 0 Å². The lowest BCUT2D eigenvalue weighted by Crippen LogP contribution is -2.20. The van der Waals surface area contributed by atoms with Gasteiger partial charge in [-0.2, -0.15) is 0 Å². The molecular weight excluding hydrogens is 328 g/mol. The molecule has 128 valence electrons. The van der Waals surface area contributed by atoms with Crippen LogP contribution in [-0.4, -0.2) is 3.96 Å². The molecule has 1 N–H and O–H groups in total. The molecule has 0 radical (unpaired) electrons.